The van der Waals surface area contributed by atoms with Crippen molar-refractivity contribution in [2.45, 2.75) is 6.42 Å². The van der Waals surface area contributed by atoms with Gasteiger partial charge in [-0.15, -0.1) is 0 Å². The van der Waals surface area contributed by atoms with E-state index in [0.717, 1.165) is 5.56 Å². The van der Waals surface area contributed by atoms with Crippen molar-refractivity contribution in [3.63, 3.8) is 0 Å². The molecule has 0 saturated carbocycles. The van der Waals surface area contributed by atoms with E-state index in [9.17, 15) is 4.21 Å². The van der Waals surface area contributed by atoms with Gasteiger partial charge in [0.25, 0.3) is 11.3 Å². The molecular formula is C8H9NO2S. The Hall–Kier alpha value is -1.00. The van der Waals surface area contributed by atoms with Gasteiger partial charge in [0.2, 0.25) is 0 Å². The van der Waals surface area contributed by atoms with Crippen LogP contribution in [0.3, 0.4) is 0 Å². The van der Waals surface area contributed by atoms with Crippen LogP contribution in [0.15, 0.2) is 34.7 Å². The van der Waals surface area contributed by atoms with Crippen LogP contribution in [0.5, 0.6) is 0 Å². The third-order valence-electron chi connectivity index (χ3n) is 1.33. The minimum absolute atomic E-state index is 0.590. The predicted molar refractivity (Wildman–Crippen MR) is 49.4 cm³/mol. The van der Waals surface area contributed by atoms with Crippen LogP contribution in [0.25, 0.3) is 0 Å². The van der Waals surface area contributed by atoms with Crippen molar-refractivity contribution < 1.29 is 8.76 Å². The molecule has 1 aromatic rings. The molecular weight excluding hydrogens is 174 g/mol. The molecule has 1 unspecified atom stereocenters. The molecule has 64 valence electrons. The van der Waals surface area contributed by atoms with Crippen molar-refractivity contribution in [1.82, 2.24) is 0 Å². The molecule has 0 bridgehead atoms. The van der Waals surface area contributed by atoms with Gasteiger partial charge in [0.1, 0.15) is 0 Å². The van der Waals surface area contributed by atoms with E-state index >= 15 is 0 Å². The summed E-state index contributed by atoms with van der Waals surface area (Å²) in [5, 5.41) is 0. The number of rotatable bonds is 3. The Bertz CT molecular complexity index is 284. The van der Waals surface area contributed by atoms with Gasteiger partial charge in [-0.25, -0.2) is 4.21 Å². The maximum Gasteiger partial charge on any atom is 0.281 e. The second kappa shape index (κ2) is 4.79. The van der Waals surface area contributed by atoms with Crippen molar-refractivity contribution in [3.8, 4) is 0 Å². The minimum atomic E-state index is -2.07. The SMILES string of the molecule is O=S(O)N=CCc1ccccc1. The molecule has 12 heavy (non-hydrogen) atoms. The highest BCUT2D eigenvalue weighted by atomic mass is 32.2. The summed E-state index contributed by atoms with van der Waals surface area (Å²) >= 11 is -2.07. The third kappa shape index (κ3) is 3.41. The van der Waals surface area contributed by atoms with Crippen LogP contribution in [0, 0.1) is 0 Å². The quantitative estimate of drug-likeness (QED) is 0.569. The van der Waals surface area contributed by atoms with E-state index in [1.165, 1.54) is 6.21 Å². The highest BCUT2D eigenvalue weighted by Gasteiger charge is 1.87. The highest BCUT2D eigenvalue weighted by molar-refractivity contribution is 7.77. The van der Waals surface area contributed by atoms with Crippen LogP contribution >= 0.6 is 0 Å². The van der Waals surface area contributed by atoms with Crippen LogP contribution in [0.4, 0.5) is 0 Å². The molecule has 3 nitrogen and oxygen atoms in total. The molecule has 0 fully saturated rings. The normalized spacial score (nSPS) is 13.4. The van der Waals surface area contributed by atoms with Gasteiger partial charge in [-0.3, -0.25) is 4.55 Å². The molecule has 1 aromatic carbocycles. The maximum absolute atomic E-state index is 10.1. The van der Waals surface area contributed by atoms with Gasteiger partial charge in [-0.05, 0) is 5.56 Å². The van der Waals surface area contributed by atoms with Gasteiger partial charge in [0.05, 0.1) is 0 Å². The molecule has 0 aliphatic rings. The lowest BCUT2D eigenvalue weighted by molar-refractivity contribution is 0.566. The summed E-state index contributed by atoms with van der Waals surface area (Å²) in [6, 6.07) is 9.63. The lowest BCUT2D eigenvalue weighted by Gasteiger charge is -1.91. The van der Waals surface area contributed by atoms with E-state index < -0.39 is 11.3 Å². The average Bonchev–Trinajstić information content (AvgIpc) is 2.05. The monoisotopic (exact) mass is 183 g/mol. The summed E-state index contributed by atoms with van der Waals surface area (Å²) < 4.78 is 21.7. The molecule has 0 amide bonds. The Morgan fingerprint density at radius 2 is 2.08 bits per heavy atom. The van der Waals surface area contributed by atoms with Gasteiger partial charge < -0.3 is 0 Å². The zero-order valence-electron chi connectivity index (χ0n) is 6.38. The fourth-order valence-corrected chi connectivity index (χ4v) is 1.02. The number of nitrogens with zero attached hydrogens (tertiary/aromatic N) is 1. The predicted octanol–water partition coefficient (Wildman–Crippen LogP) is 1.44. The maximum atomic E-state index is 10.1. The number of hydrogen-bond donors (Lipinski definition) is 1. The standard InChI is InChI=1S/C8H9NO2S/c10-12(11)9-7-6-8-4-2-1-3-5-8/h1-5,7H,6H2,(H,10,11). The van der Waals surface area contributed by atoms with E-state index in [1.807, 2.05) is 30.3 Å². The number of hydrogen-bond acceptors (Lipinski definition) is 1. The molecule has 0 aliphatic carbocycles. The van der Waals surface area contributed by atoms with Crippen molar-refractivity contribution in [1.29, 1.82) is 0 Å². The first kappa shape index (κ1) is 9.09. The molecule has 0 saturated heterocycles. The van der Waals surface area contributed by atoms with Crippen LogP contribution in [0.2, 0.25) is 0 Å². The minimum Gasteiger partial charge on any atom is -0.288 e. The fourth-order valence-electron chi connectivity index (χ4n) is 0.821. The van der Waals surface area contributed by atoms with Crippen LogP contribution in [-0.4, -0.2) is 15.0 Å². The molecule has 4 heteroatoms. The van der Waals surface area contributed by atoms with Crippen molar-refractivity contribution in [2.75, 3.05) is 0 Å². The summed E-state index contributed by atoms with van der Waals surface area (Å²) in [6.07, 6.45) is 2.03. The molecule has 1 N–H and O–H groups in total. The first-order chi connectivity index (χ1) is 5.79. The second-order valence-corrected chi connectivity index (χ2v) is 2.88. The molecule has 0 aromatic heterocycles. The Morgan fingerprint density at radius 1 is 1.42 bits per heavy atom. The Balaban J connectivity index is 2.49. The first-order valence-electron chi connectivity index (χ1n) is 3.46. The molecule has 0 aliphatic heterocycles. The molecule has 0 spiro atoms. The van der Waals surface area contributed by atoms with E-state index in [1.54, 1.807) is 0 Å². The lowest BCUT2D eigenvalue weighted by atomic mass is 10.2. The van der Waals surface area contributed by atoms with E-state index in [0.29, 0.717) is 6.42 Å². The lowest BCUT2D eigenvalue weighted by Crippen LogP contribution is -1.87. The Morgan fingerprint density at radius 3 is 2.67 bits per heavy atom. The smallest absolute Gasteiger partial charge is 0.281 e. The summed E-state index contributed by atoms with van der Waals surface area (Å²) in [5.74, 6) is 0. The van der Waals surface area contributed by atoms with Gasteiger partial charge in [0.15, 0.2) is 0 Å². The summed E-state index contributed by atoms with van der Waals surface area (Å²) in [7, 11) is 0. The van der Waals surface area contributed by atoms with Gasteiger partial charge >= 0.3 is 0 Å². The topological polar surface area (TPSA) is 49.7 Å². The zero-order chi connectivity index (χ0) is 8.81. The molecule has 0 radical (unpaired) electrons. The van der Waals surface area contributed by atoms with Crippen LogP contribution in [-0.2, 0) is 17.7 Å². The Labute approximate surface area is 73.6 Å². The second-order valence-electron chi connectivity index (χ2n) is 2.21. The molecule has 1 rings (SSSR count). The van der Waals surface area contributed by atoms with Gasteiger partial charge in [-0.2, -0.15) is 4.40 Å². The summed E-state index contributed by atoms with van der Waals surface area (Å²) in [5.41, 5.74) is 1.08. The number of benzene rings is 1. The highest BCUT2D eigenvalue weighted by Crippen LogP contribution is 1.97. The van der Waals surface area contributed by atoms with Crippen LogP contribution < -0.4 is 0 Å². The first-order valence-corrected chi connectivity index (χ1v) is 4.53. The van der Waals surface area contributed by atoms with Crippen molar-refractivity contribution in [2.24, 2.45) is 4.40 Å². The zero-order valence-corrected chi connectivity index (χ0v) is 7.20. The van der Waals surface area contributed by atoms with Crippen molar-refractivity contribution in [3.05, 3.63) is 35.9 Å². The average molecular weight is 183 g/mol. The van der Waals surface area contributed by atoms with Gasteiger partial charge in [-0.1, -0.05) is 30.3 Å². The summed E-state index contributed by atoms with van der Waals surface area (Å²) in [4.78, 5) is 0. The van der Waals surface area contributed by atoms with Crippen LogP contribution in [0.1, 0.15) is 5.56 Å². The summed E-state index contributed by atoms with van der Waals surface area (Å²) in [6.45, 7) is 0. The van der Waals surface area contributed by atoms with Gasteiger partial charge in [0, 0.05) is 12.6 Å². The largest absolute Gasteiger partial charge is 0.288 e. The van der Waals surface area contributed by atoms with Crippen molar-refractivity contribution >= 4 is 17.5 Å². The fraction of sp³-hybridized carbons (Fsp3) is 0.125. The molecule has 1 atom stereocenters. The van der Waals surface area contributed by atoms with E-state index in [2.05, 4.69) is 4.40 Å². The van der Waals surface area contributed by atoms with E-state index in [-0.39, 0.29) is 0 Å². The molecule has 0 heterocycles. The third-order valence-corrected chi connectivity index (χ3v) is 1.66. The van der Waals surface area contributed by atoms with E-state index in [4.69, 9.17) is 4.55 Å². The Kier molecular flexibility index (Phi) is 3.63.